The summed E-state index contributed by atoms with van der Waals surface area (Å²) >= 11 is 0. The van der Waals surface area contributed by atoms with Gasteiger partial charge in [0.15, 0.2) is 11.5 Å². The molecule has 0 fully saturated rings. The fraction of sp³-hybridized carbons (Fsp3) is 0.364. The average Bonchev–Trinajstić information content (AvgIpc) is 2.73. The van der Waals surface area contributed by atoms with Gasteiger partial charge in [0, 0.05) is 19.2 Å². The van der Waals surface area contributed by atoms with Gasteiger partial charge >= 0.3 is 6.18 Å². The number of amides is 2. The summed E-state index contributed by atoms with van der Waals surface area (Å²) in [7, 11) is 1.51. The zero-order valence-electron chi connectivity index (χ0n) is 17.6. The lowest BCUT2D eigenvalue weighted by atomic mass is 10.1. The maximum Gasteiger partial charge on any atom is 0.416 e. The molecule has 0 heterocycles. The molecule has 0 saturated heterocycles. The van der Waals surface area contributed by atoms with Crippen molar-refractivity contribution < 1.29 is 32.2 Å². The van der Waals surface area contributed by atoms with Crippen LogP contribution >= 0.6 is 0 Å². The lowest BCUT2D eigenvalue weighted by Crippen LogP contribution is -2.37. The second kappa shape index (κ2) is 10.7. The van der Waals surface area contributed by atoms with Gasteiger partial charge in [0.25, 0.3) is 5.91 Å². The Labute approximate surface area is 178 Å². The molecule has 9 heteroatoms. The van der Waals surface area contributed by atoms with E-state index >= 15 is 0 Å². The summed E-state index contributed by atoms with van der Waals surface area (Å²) in [4.78, 5) is 26.0. The van der Waals surface area contributed by atoms with Crippen molar-refractivity contribution in [2.75, 3.05) is 26.8 Å². The van der Waals surface area contributed by atoms with Crippen molar-refractivity contribution in [2.45, 2.75) is 26.6 Å². The van der Waals surface area contributed by atoms with Crippen LogP contribution in [0.25, 0.3) is 0 Å². The minimum atomic E-state index is -4.41. The molecule has 2 aromatic carbocycles. The van der Waals surface area contributed by atoms with Crippen LogP contribution in [0.15, 0.2) is 42.5 Å². The molecular formula is C22H25F3N2O4. The highest BCUT2D eigenvalue weighted by atomic mass is 19.4. The van der Waals surface area contributed by atoms with Crippen molar-refractivity contribution in [3.05, 3.63) is 59.2 Å². The van der Waals surface area contributed by atoms with Crippen LogP contribution in [0.5, 0.6) is 11.5 Å². The number of halogens is 3. The third-order valence-corrected chi connectivity index (χ3v) is 4.33. The van der Waals surface area contributed by atoms with E-state index in [4.69, 9.17) is 9.47 Å². The number of benzene rings is 2. The van der Waals surface area contributed by atoms with Crippen LogP contribution in [0.2, 0.25) is 0 Å². The van der Waals surface area contributed by atoms with E-state index in [2.05, 4.69) is 5.32 Å². The molecule has 168 valence electrons. The highest BCUT2D eigenvalue weighted by Crippen LogP contribution is 2.29. The van der Waals surface area contributed by atoms with Crippen molar-refractivity contribution in [3.63, 3.8) is 0 Å². The third-order valence-electron chi connectivity index (χ3n) is 4.33. The SMILES string of the molecule is CCOc1ccc(C(=O)NCC(=O)N(C)Cc2ccc(C(F)(F)F)cc2)cc1OCC. The summed E-state index contributed by atoms with van der Waals surface area (Å²) in [6.07, 6.45) is -4.41. The number of hydrogen-bond donors (Lipinski definition) is 1. The number of nitrogens with one attached hydrogen (secondary N) is 1. The number of alkyl halides is 3. The second-order valence-electron chi connectivity index (χ2n) is 6.65. The number of hydrogen-bond acceptors (Lipinski definition) is 4. The Morgan fingerprint density at radius 3 is 2.16 bits per heavy atom. The molecule has 0 radical (unpaired) electrons. The third kappa shape index (κ3) is 6.91. The minimum absolute atomic E-state index is 0.115. The first kappa shape index (κ1) is 24.0. The monoisotopic (exact) mass is 438 g/mol. The molecule has 2 amide bonds. The van der Waals surface area contributed by atoms with Crippen molar-refractivity contribution in [2.24, 2.45) is 0 Å². The molecule has 31 heavy (non-hydrogen) atoms. The fourth-order valence-corrected chi connectivity index (χ4v) is 2.75. The average molecular weight is 438 g/mol. The van der Waals surface area contributed by atoms with E-state index in [9.17, 15) is 22.8 Å². The molecule has 0 aliphatic carbocycles. The molecule has 0 atom stereocenters. The molecule has 0 unspecified atom stereocenters. The minimum Gasteiger partial charge on any atom is -0.490 e. The zero-order valence-corrected chi connectivity index (χ0v) is 17.6. The van der Waals surface area contributed by atoms with E-state index in [1.54, 1.807) is 18.2 Å². The molecule has 2 rings (SSSR count). The summed E-state index contributed by atoms with van der Waals surface area (Å²) in [6, 6.07) is 9.32. The topological polar surface area (TPSA) is 67.9 Å². The molecule has 0 aromatic heterocycles. The molecule has 0 aliphatic rings. The van der Waals surface area contributed by atoms with Crippen molar-refractivity contribution in [3.8, 4) is 11.5 Å². The maximum absolute atomic E-state index is 12.6. The Morgan fingerprint density at radius 1 is 0.968 bits per heavy atom. The van der Waals surface area contributed by atoms with Crippen LogP contribution in [-0.2, 0) is 17.5 Å². The van der Waals surface area contributed by atoms with Gasteiger partial charge in [-0.2, -0.15) is 13.2 Å². The maximum atomic E-state index is 12.6. The van der Waals surface area contributed by atoms with Gasteiger partial charge in [-0.15, -0.1) is 0 Å². The van der Waals surface area contributed by atoms with Gasteiger partial charge in [-0.1, -0.05) is 12.1 Å². The van der Waals surface area contributed by atoms with Crippen molar-refractivity contribution >= 4 is 11.8 Å². The van der Waals surface area contributed by atoms with Gasteiger partial charge in [-0.05, 0) is 49.7 Å². The first-order valence-corrected chi connectivity index (χ1v) is 9.73. The Bertz CT molecular complexity index is 899. The highest BCUT2D eigenvalue weighted by molar-refractivity contribution is 5.97. The van der Waals surface area contributed by atoms with Crippen LogP contribution in [0.4, 0.5) is 13.2 Å². The Balaban J connectivity index is 1.94. The lowest BCUT2D eigenvalue weighted by Gasteiger charge is -2.18. The molecule has 0 spiro atoms. The van der Waals surface area contributed by atoms with Gasteiger partial charge in [-0.25, -0.2) is 0 Å². The number of rotatable bonds is 9. The first-order valence-electron chi connectivity index (χ1n) is 9.73. The molecule has 1 N–H and O–H groups in total. The molecule has 0 bridgehead atoms. The van der Waals surface area contributed by atoms with E-state index < -0.39 is 17.6 Å². The molecule has 0 saturated carbocycles. The fourth-order valence-electron chi connectivity index (χ4n) is 2.75. The van der Waals surface area contributed by atoms with Gasteiger partial charge in [0.1, 0.15) is 0 Å². The molecular weight excluding hydrogens is 413 g/mol. The second-order valence-corrected chi connectivity index (χ2v) is 6.65. The van der Waals surface area contributed by atoms with Crippen molar-refractivity contribution in [1.29, 1.82) is 0 Å². The first-order chi connectivity index (χ1) is 14.7. The van der Waals surface area contributed by atoms with Gasteiger partial charge < -0.3 is 19.7 Å². The normalized spacial score (nSPS) is 11.0. The quantitative estimate of drug-likeness (QED) is 0.645. The molecule has 6 nitrogen and oxygen atoms in total. The summed E-state index contributed by atoms with van der Waals surface area (Å²) in [5, 5.41) is 2.54. The molecule has 2 aromatic rings. The van der Waals surface area contributed by atoms with Crippen LogP contribution in [-0.4, -0.2) is 43.5 Å². The predicted octanol–water partition coefficient (Wildman–Crippen LogP) is 3.89. The van der Waals surface area contributed by atoms with Gasteiger partial charge in [0.05, 0.1) is 25.3 Å². The van der Waals surface area contributed by atoms with Crippen LogP contribution in [0, 0.1) is 0 Å². The Morgan fingerprint density at radius 2 is 1.58 bits per heavy atom. The van der Waals surface area contributed by atoms with E-state index in [1.807, 2.05) is 13.8 Å². The van der Waals surface area contributed by atoms with E-state index in [0.717, 1.165) is 12.1 Å². The zero-order chi connectivity index (χ0) is 23.0. The van der Waals surface area contributed by atoms with Gasteiger partial charge in [-0.3, -0.25) is 9.59 Å². The summed E-state index contributed by atoms with van der Waals surface area (Å²) < 4.78 is 48.9. The van der Waals surface area contributed by atoms with E-state index in [-0.39, 0.29) is 19.0 Å². The standard InChI is InChI=1S/C22H25F3N2O4/c1-4-30-18-11-8-16(12-19(18)31-5-2)21(29)26-13-20(28)27(3)14-15-6-9-17(10-7-15)22(23,24)25/h6-12H,4-5,13-14H2,1-3H3,(H,26,29). The van der Waals surface area contributed by atoms with Gasteiger partial charge in [0.2, 0.25) is 5.91 Å². The number of likely N-dealkylation sites (N-methyl/N-ethyl adjacent to an activating group) is 1. The Hall–Kier alpha value is -3.23. The predicted molar refractivity (Wildman–Crippen MR) is 109 cm³/mol. The van der Waals surface area contributed by atoms with Crippen molar-refractivity contribution in [1.82, 2.24) is 10.2 Å². The highest BCUT2D eigenvalue weighted by Gasteiger charge is 2.30. The lowest BCUT2D eigenvalue weighted by molar-refractivity contribution is -0.137. The Kier molecular flexibility index (Phi) is 8.30. The summed E-state index contributed by atoms with van der Waals surface area (Å²) in [5.41, 5.74) is 0.104. The summed E-state index contributed by atoms with van der Waals surface area (Å²) in [6.45, 7) is 4.36. The van der Waals surface area contributed by atoms with Crippen LogP contribution in [0.1, 0.15) is 35.3 Å². The van der Waals surface area contributed by atoms with E-state index in [1.165, 1.54) is 24.1 Å². The largest absolute Gasteiger partial charge is 0.490 e. The molecule has 0 aliphatic heterocycles. The smallest absolute Gasteiger partial charge is 0.416 e. The summed E-state index contributed by atoms with van der Waals surface area (Å²) in [5.74, 6) is 0.112. The number of nitrogens with zero attached hydrogens (tertiary/aromatic N) is 1. The number of carbonyl (C=O) groups is 2. The number of carbonyl (C=O) groups excluding carboxylic acids is 2. The van der Waals surface area contributed by atoms with Crippen LogP contribution in [0.3, 0.4) is 0 Å². The van der Waals surface area contributed by atoms with E-state index in [0.29, 0.717) is 35.8 Å². The van der Waals surface area contributed by atoms with Crippen LogP contribution < -0.4 is 14.8 Å². The number of ether oxygens (including phenoxy) is 2.